The Hall–Kier alpha value is -3.79. The Balaban J connectivity index is 1.42. The minimum atomic E-state index is -4.42. The molecule has 0 atom stereocenters. The molecule has 3 heterocycles. The molecule has 4 aromatic rings. The number of halogens is 4. The van der Waals surface area contributed by atoms with E-state index in [0.717, 1.165) is 22.5 Å². The average Bonchev–Trinajstić information content (AvgIpc) is 2.88. The highest BCUT2D eigenvalue weighted by molar-refractivity contribution is 6.30. The summed E-state index contributed by atoms with van der Waals surface area (Å²) in [7, 11) is 1.62. The van der Waals surface area contributed by atoms with Gasteiger partial charge in [-0.05, 0) is 54.6 Å². The zero-order valence-corrected chi connectivity index (χ0v) is 19.9. The number of fused-ring (bicyclic) bond motifs is 1. The van der Waals surface area contributed by atoms with Crippen LogP contribution in [-0.2, 0) is 13.2 Å². The van der Waals surface area contributed by atoms with E-state index in [0.29, 0.717) is 53.6 Å². The largest absolute Gasteiger partial charge is 0.417 e. The van der Waals surface area contributed by atoms with Gasteiger partial charge in [-0.2, -0.15) is 13.2 Å². The Morgan fingerprint density at radius 1 is 0.861 bits per heavy atom. The summed E-state index contributed by atoms with van der Waals surface area (Å²) in [6.07, 6.45) is -3.57. The maximum Gasteiger partial charge on any atom is 0.417 e. The number of pyridine rings is 1. The summed E-state index contributed by atoms with van der Waals surface area (Å²) in [5.41, 5.74) is 0.104. The predicted molar refractivity (Wildman–Crippen MR) is 133 cm³/mol. The smallest absolute Gasteiger partial charge is 0.368 e. The van der Waals surface area contributed by atoms with Crippen molar-refractivity contribution < 1.29 is 13.2 Å². The molecule has 1 fully saturated rings. The molecule has 0 saturated carbocycles. The van der Waals surface area contributed by atoms with Crippen LogP contribution in [0.25, 0.3) is 16.6 Å². The van der Waals surface area contributed by atoms with Gasteiger partial charge in [0.15, 0.2) is 0 Å². The van der Waals surface area contributed by atoms with E-state index < -0.39 is 23.0 Å². The fourth-order valence-corrected chi connectivity index (χ4v) is 4.52. The first-order valence-corrected chi connectivity index (χ1v) is 11.6. The molecule has 186 valence electrons. The Morgan fingerprint density at radius 2 is 1.50 bits per heavy atom. The molecule has 0 bridgehead atoms. The van der Waals surface area contributed by atoms with Crippen LogP contribution in [0.2, 0.25) is 5.02 Å². The van der Waals surface area contributed by atoms with E-state index in [9.17, 15) is 22.8 Å². The molecule has 0 radical (unpaired) electrons. The minimum absolute atomic E-state index is 0.399. The SMILES string of the molecule is Cn1c(=O)n(-c2ccc(Cl)cc2)c(=O)c2cc(N3CCN(c4ccc(C(F)(F)F)cn4)CC3)ccc21. The van der Waals surface area contributed by atoms with Crippen LogP contribution >= 0.6 is 11.6 Å². The maximum atomic E-state index is 13.4. The zero-order valence-electron chi connectivity index (χ0n) is 19.2. The van der Waals surface area contributed by atoms with Gasteiger partial charge in [-0.15, -0.1) is 0 Å². The van der Waals surface area contributed by atoms with Crippen LogP contribution in [0.5, 0.6) is 0 Å². The van der Waals surface area contributed by atoms with Gasteiger partial charge in [-0.1, -0.05) is 11.6 Å². The van der Waals surface area contributed by atoms with Gasteiger partial charge in [-0.3, -0.25) is 9.36 Å². The zero-order chi connectivity index (χ0) is 25.6. The third-order valence-electron chi connectivity index (χ3n) is 6.38. The van der Waals surface area contributed by atoms with Crippen LogP contribution in [0.1, 0.15) is 5.56 Å². The van der Waals surface area contributed by atoms with E-state index >= 15 is 0 Å². The first kappa shape index (κ1) is 23.9. The summed E-state index contributed by atoms with van der Waals surface area (Å²) >= 11 is 5.96. The molecule has 0 spiro atoms. The van der Waals surface area contributed by atoms with E-state index in [1.807, 2.05) is 11.0 Å². The number of aryl methyl sites for hydroxylation is 1. The number of hydrogen-bond acceptors (Lipinski definition) is 5. The Bertz CT molecular complexity index is 1540. The molecule has 11 heteroatoms. The second kappa shape index (κ2) is 9.02. The second-order valence-electron chi connectivity index (χ2n) is 8.54. The number of piperazine rings is 1. The van der Waals surface area contributed by atoms with Crippen molar-refractivity contribution in [3.63, 3.8) is 0 Å². The van der Waals surface area contributed by atoms with Crippen LogP contribution in [0.15, 0.2) is 70.4 Å². The lowest BCUT2D eigenvalue weighted by molar-refractivity contribution is -0.137. The molecule has 1 saturated heterocycles. The molecular formula is C25H21ClF3N5O2. The van der Waals surface area contributed by atoms with Crippen molar-refractivity contribution in [2.75, 3.05) is 36.0 Å². The van der Waals surface area contributed by atoms with Gasteiger partial charge in [-0.25, -0.2) is 14.3 Å². The molecule has 0 aliphatic carbocycles. The number of nitrogens with zero attached hydrogens (tertiary/aromatic N) is 5. The number of rotatable bonds is 3. The van der Waals surface area contributed by atoms with Crippen molar-refractivity contribution in [2.45, 2.75) is 6.18 Å². The number of hydrogen-bond donors (Lipinski definition) is 0. The van der Waals surface area contributed by atoms with Gasteiger partial charge in [0.2, 0.25) is 0 Å². The number of anilines is 2. The van der Waals surface area contributed by atoms with Crippen LogP contribution in [0.3, 0.4) is 0 Å². The standard InChI is InChI=1S/C25H21ClF3N5O2/c1-31-21-8-7-19(14-20(21)23(35)34(24(31)36)18-5-3-17(26)4-6-18)32-10-12-33(13-11-32)22-9-2-16(15-30-22)25(27,28)29/h2-9,14-15H,10-13H2,1H3. The van der Waals surface area contributed by atoms with Crippen molar-refractivity contribution in [3.8, 4) is 5.69 Å². The van der Waals surface area contributed by atoms with E-state index in [1.165, 1.54) is 10.6 Å². The summed E-state index contributed by atoms with van der Waals surface area (Å²) in [6.45, 7) is 2.29. The molecule has 2 aromatic heterocycles. The van der Waals surface area contributed by atoms with Crippen molar-refractivity contribution in [1.82, 2.24) is 14.1 Å². The first-order chi connectivity index (χ1) is 17.1. The van der Waals surface area contributed by atoms with Crippen LogP contribution in [-0.4, -0.2) is 40.3 Å². The van der Waals surface area contributed by atoms with E-state index in [4.69, 9.17) is 11.6 Å². The number of alkyl halides is 3. The van der Waals surface area contributed by atoms with E-state index in [2.05, 4.69) is 9.88 Å². The quantitative estimate of drug-likeness (QED) is 0.411. The third kappa shape index (κ3) is 4.32. The maximum absolute atomic E-state index is 13.4. The third-order valence-corrected chi connectivity index (χ3v) is 6.63. The molecule has 36 heavy (non-hydrogen) atoms. The molecule has 0 N–H and O–H groups in total. The predicted octanol–water partition coefficient (Wildman–Crippen LogP) is 4.08. The summed E-state index contributed by atoms with van der Waals surface area (Å²) in [5, 5.41) is 0.897. The second-order valence-corrected chi connectivity index (χ2v) is 8.97. The molecule has 5 rings (SSSR count). The van der Waals surface area contributed by atoms with Crippen LogP contribution < -0.4 is 21.0 Å². The van der Waals surface area contributed by atoms with Gasteiger partial charge >= 0.3 is 11.9 Å². The molecule has 7 nitrogen and oxygen atoms in total. The highest BCUT2D eigenvalue weighted by atomic mass is 35.5. The van der Waals surface area contributed by atoms with Crippen molar-refractivity contribution in [1.29, 1.82) is 0 Å². The highest BCUT2D eigenvalue weighted by Gasteiger charge is 2.31. The lowest BCUT2D eigenvalue weighted by atomic mass is 10.1. The van der Waals surface area contributed by atoms with Crippen molar-refractivity contribution in [3.05, 3.63) is 92.2 Å². The van der Waals surface area contributed by atoms with Crippen molar-refractivity contribution in [2.24, 2.45) is 7.05 Å². The molecule has 2 aromatic carbocycles. The number of benzene rings is 2. The van der Waals surface area contributed by atoms with Gasteiger partial charge in [0.05, 0.1) is 22.2 Å². The first-order valence-electron chi connectivity index (χ1n) is 11.2. The monoisotopic (exact) mass is 515 g/mol. The Kier molecular flexibility index (Phi) is 5.99. The molecule has 0 amide bonds. The lowest BCUT2D eigenvalue weighted by Gasteiger charge is -2.36. The van der Waals surface area contributed by atoms with Crippen LogP contribution in [0, 0.1) is 0 Å². The van der Waals surface area contributed by atoms with Crippen LogP contribution in [0.4, 0.5) is 24.7 Å². The fourth-order valence-electron chi connectivity index (χ4n) is 4.40. The average molecular weight is 516 g/mol. The van der Waals surface area contributed by atoms with Gasteiger partial charge in [0, 0.05) is 50.1 Å². The lowest BCUT2D eigenvalue weighted by Crippen LogP contribution is -2.47. The van der Waals surface area contributed by atoms with Gasteiger partial charge in [0.1, 0.15) is 5.82 Å². The topological polar surface area (TPSA) is 63.4 Å². The highest BCUT2D eigenvalue weighted by Crippen LogP contribution is 2.30. The summed E-state index contributed by atoms with van der Waals surface area (Å²) in [4.78, 5) is 34.3. The fraction of sp³-hybridized carbons (Fsp3) is 0.240. The van der Waals surface area contributed by atoms with E-state index in [-0.39, 0.29) is 0 Å². The Labute approximate surface area is 208 Å². The molecule has 0 unspecified atom stereocenters. The van der Waals surface area contributed by atoms with Gasteiger partial charge in [0.25, 0.3) is 5.56 Å². The summed E-state index contributed by atoms with van der Waals surface area (Å²) in [5.74, 6) is 0.488. The summed E-state index contributed by atoms with van der Waals surface area (Å²) < 4.78 is 41.0. The number of aromatic nitrogens is 3. The molecule has 1 aliphatic rings. The molecule has 1 aliphatic heterocycles. The minimum Gasteiger partial charge on any atom is -0.368 e. The van der Waals surface area contributed by atoms with Crippen molar-refractivity contribution >= 4 is 34.0 Å². The summed E-state index contributed by atoms with van der Waals surface area (Å²) in [6, 6.07) is 14.3. The molecular weight excluding hydrogens is 495 g/mol. The Morgan fingerprint density at radius 3 is 2.11 bits per heavy atom. The van der Waals surface area contributed by atoms with Gasteiger partial charge < -0.3 is 9.80 Å². The van der Waals surface area contributed by atoms with E-state index in [1.54, 1.807) is 43.4 Å². The normalized spacial score (nSPS) is 14.5.